The topological polar surface area (TPSA) is 17.1 Å². The fourth-order valence-electron chi connectivity index (χ4n) is 6.98. The molecule has 1 nitrogen and oxygen atoms in total. The Morgan fingerprint density at radius 3 is 2.62 bits per heavy atom. The Bertz CT molecular complexity index is 460. The van der Waals surface area contributed by atoms with Gasteiger partial charge in [0.1, 0.15) is 5.78 Å². The highest BCUT2D eigenvalue weighted by Gasteiger charge is 2.60. The van der Waals surface area contributed by atoms with Crippen molar-refractivity contribution in [2.24, 2.45) is 34.5 Å². The first-order valence-corrected chi connectivity index (χ1v) is 9.56. The summed E-state index contributed by atoms with van der Waals surface area (Å²) in [7, 11) is 0. The van der Waals surface area contributed by atoms with Gasteiger partial charge in [-0.1, -0.05) is 13.8 Å². The van der Waals surface area contributed by atoms with Crippen molar-refractivity contribution in [1.29, 1.82) is 0 Å². The van der Waals surface area contributed by atoms with Crippen LogP contribution >= 0.6 is 11.6 Å². The van der Waals surface area contributed by atoms with Crippen LogP contribution in [0.2, 0.25) is 0 Å². The molecule has 0 bridgehead atoms. The van der Waals surface area contributed by atoms with Crippen LogP contribution in [0.25, 0.3) is 0 Å². The minimum atomic E-state index is 0.0358. The number of rotatable bonds is 0. The third-order valence-electron chi connectivity index (χ3n) is 8.31. The second kappa shape index (κ2) is 4.73. The molecule has 0 saturated heterocycles. The van der Waals surface area contributed by atoms with E-state index in [4.69, 9.17) is 11.6 Å². The van der Waals surface area contributed by atoms with Crippen LogP contribution in [0.15, 0.2) is 0 Å². The van der Waals surface area contributed by atoms with Crippen LogP contribution in [0.1, 0.15) is 71.6 Å². The van der Waals surface area contributed by atoms with Crippen molar-refractivity contribution < 1.29 is 4.79 Å². The molecule has 4 rings (SSSR count). The first kappa shape index (κ1) is 14.5. The van der Waals surface area contributed by atoms with Gasteiger partial charge < -0.3 is 0 Å². The van der Waals surface area contributed by atoms with E-state index in [9.17, 15) is 4.79 Å². The largest absolute Gasteiger partial charge is 0.299 e. The summed E-state index contributed by atoms with van der Waals surface area (Å²) in [5, 5.41) is 0.418. The summed E-state index contributed by atoms with van der Waals surface area (Å²) in [6.07, 6.45) is 11.0. The van der Waals surface area contributed by atoms with Crippen molar-refractivity contribution in [1.82, 2.24) is 0 Å². The van der Waals surface area contributed by atoms with Gasteiger partial charge in [-0.3, -0.25) is 4.79 Å². The van der Waals surface area contributed by atoms with Crippen LogP contribution < -0.4 is 0 Å². The second-order valence-corrected chi connectivity index (χ2v) is 9.56. The second-order valence-electron chi connectivity index (χ2n) is 8.95. The van der Waals surface area contributed by atoms with E-state index in [1.165, 1.54) is 44.9 Å². The summed E-state index contributed by atoms with van der Waals surface area (Å²) in [6, 6.07) is 0. The maximum atomic E-state index is 12.4. The SMILES string of the molecule is C[C@@]12CC[C@@H](Cl)C[C@@H]1CC[C@H]1[C@H]2CC[C@]2(C)C(=O)CC[C@H]12. The van der Waals surface area contributed by atoms with Crippen LogP contribution in [-0.2, 0) is 4.79 Å². The Morgan fingerprint density at radius 1 is 1.00 bits per heavy atom. The molecule has 0 radical (unpaired) electrons. The molecular weight excluding hydrogens is 280 g/mol. The van der Waals surface area contributed by atoms with E-state index in [2.05, 4.69) is 13.8 Å². The Balaban J connectivity index is 1.64. The van der Waals surface area contributed by atoms with Gasteiger partial charge in [0.05, 0.1) is 0 Å². The van der Waals surface area contributed by atoms with Gasteiger partial charge in [-0.15, -0.1) is 11.6 Å². The number of alkyl halides is 1. The lowest BCUT2D eigenvalue weighted by molar-refractivity contribution is -0.138. The van der Waals surface area contributed by atoms with E-state index in [1.807, 2.05) is 0 Å². The molecule has 0 aromatic rings. The zero-order valence-corrected chi connectivity index (χ0v) is 14.3. The van der Waals surface area contributed by atoms with E-state index < -0.39 is 0 Å². The van der Waals surface area contributed by atoms with Gasteiger partial charge in [-0.25, -0.2) is 0 Å². The molecule has 21 heavy (non-hydrogen) atoms. The highest BCUT2D eigenvalue weighted by Crippen LogP contribution is 2.65. The van der Waals surface area contributed by atoms with Crippen LogP contribution in [0.4, 0.5) is 0 Å². The van der Waals surface area contributed by atoms with Gasteiger partial charge in [0.2, 0.25) is 0 Å². The van der Waals surface area contributed by atoms with Crippen molar-refractivity contribution in [3.63, 3.8) is 0 Å². The predicted molar refractivity (Wildman–Crippen MR) is 86.4 cm³/mol. The third kappa shape index (κ3) is 1.92. The number of halogens is 1. The number of fused-ring (bicyclic) bond motifs is 5. The quantitative estimate of drug-likeness (QED) is 0.562. The molecule has 0 unspecified atom stereocenters. The standard InChI is InChI=1S/C19H29ClO/c1-18-9-7-13(20)11-12(18)3-4-14-15-5-6-17(21)19(15,2)10-8-16(14)18/h12-16H,3-11H2,1-2H3/t12-,13+,14+,15+,16+,18+,19-/m0/s1. The molecule has 4 fully saturated rings. The Kier molecular flexibility index (Phi) is 3.27. The molecule has 0 aliphatic heterocycles. The third-order valence-corrected chi connectivity index (χ3v) is 8.71. The predicted octanol–water partition coefficient (Wildman–Crippen LogP) is 5.21. The first-order valence-electron chi connectivity index (χ1n) is 9.12. The van der Waals surface area contributed by atoms with Gasteiger partial charge in [0.25, 0.3) is 0 Å². The van der Waals surface area contributed by atoms with E-state index in [-0.39, 0.29) is 5.41 Å². The average Bonchev–Trinajstić information content (AvgIpc) is 2.76. The molecule has 2 heteroatoms. The van der Waals surface area contributed by atoms with Crippen molar-refractivity contribution >= 4 is 17.4 Å². The number of carbonyl (C=O) groups excluding carboxylic acids is 1. The zero-order valence-electron chi connectivity index (χ0n) is 13.5. The summed E-state index contributed by atoms with van der Waals surface area (Å²) in [5.41, 5.74) is 0.551. The lowest BCUT2D eigenvalue weighted by Crippen LogP contribution is -2.53. The fraction of sp³-hybridized carbons (Fsp3) is 0.947. The highest BCUT2D eigenvalue weighted by molar-refractivity contribution is 6.20. The van der Waals surface area contributed by atoms with Crippen molar-refractivity contribution in [3.8, 4) is 0 Å². The molecule has 0 spiro atoms. The van der Waals surface area contributed by atoms with Gasteiger partial charge >= 0.3 is 0 Å². The van der Waals surface area contributed by atoms with Crippen LogP contribution in [0, 0.1) is 34.5 Å². The molecule has 0 N–H and O–H groups in total. The fourth-order valence-corrected chi connectivity index (χ4v) is 7.30. The van der Waals surface area contributed by atoms with Crippen molar-refractivity contribution in [2.75, 3.05) is 0 Å². The highest BCUT2D eigenvalue weighted by atomic mass is 35.5. The Hall–Kier alpha value is -0.0400. The van der Waals surface area contributed by atoms with E-state index >= 15 is 0 Å². The molecule has 4 saturated carbocycles. The lowest BCUT2D eigenvalue weighted by Gasteiger charge is -2.60. The Labute approximate surface area is 134 Å². The molecule has 0 aromatic heterocycles. The van der Waals surface area contributed by atoms with Gasteiger partial charge in [0.15, 0.2) is 0 Å². The zero-order chi connectivity index (χ0) is 14.8. The minimum Gasteiger partial charge on any atom is -0.299 e. The van der Waals surface area contributed by atoms with Gasteiger partial charge in [-0.2, -0.15) is 0 Å². The van der Waals surface area contributed by atoms with Gasteiger partial charge in [0, 0.05) is 17.2 Å². The first-order chi connectivity index (χ1) is 9.95. The molecule has 7 atom stereocenters. The number of hydrogen-bond donors (Lipinski definition) is 0. The summed E-state index contributed by atoms with van der Waals surface area (Å²) >= 11 is 6.46. The maximum absolute atomic E-state index is 12.4. The Morgan fingerprint density at radius 2 is 1.81 bits per heavy atom. The smallest absolute Gasteiger partial charge is 0.139 e. The summed E-state index contributed by atoms with van der Waals surface area (Å²) < 4.78 is 0. The molecule has 4 aliphatic rings. The summed E-state index contributed by atoms with van der Waals surface area (Å²) in [6.45, 7) is 4.85. The molecular formula is C19H29ClO. The molecule has 0 heterocycles. The number of hydrogen-bond acceptors (Lipinski definition) is 1. The molecule has 118 valence electrons. The monoisotopic (exact) mass is 308 g/mol. The summed E-state index contributed by atoms with van der Waals surface area (Å²) in [4.78, 5) is 12.4. The summed E-state index contributed by atoms with van der Waals surface area (Å²) in [5.74, 6) is 3.79. The van der Waals surface area contributed by atoms with E-state index in [1.54, 1.807) is 0 Å². The molecule has 0 amide bonds. The number of Topliss-reactive ketones (excluding diaryl/α,β-unsaturated/α-hetero) is 1. The van der Waals surface area contributed by atoms with Crippen LogP contribution in [0.5, 0.6) is 0 Å². The maximum Gasteiger partial charge on any atom is 0.139 e. The van der Waals surface area contributed by atoms with Gasteiger partial charge in [-0.05, 0) is 80.5 Å². The van der Waals surface area contributed by atoms with E-state index in [0.717, 1.165) is 30.6 Å². The van der Waals surface area contributed by atoms with Crippen molar-refractivity contribution in [2.45, 2.75) is 77.0 Å². The number of carbonyl (C=O) groups is 1. The van der Waals surface area contributed by atoms with E-state index in [0.29, 0.717) is 22.5 Å². The minimum absolute atomic E-state index is 0.0358. The van der Waals surface area contributed by atoms with Crippen LogP contribution in [0.3, 0.4) is 0 Å². The lowest BCUT2D eigenvalue weighted by atomic mass is 9.45. The average molecular weight is 309 g/mol. The molecule has 0 aromatic carbocycles. The number of ketones is 1. The normalized spacial score (nSPS) is 56.5. The molecule has 4 aliphatic carbocycles. The van der Waals surface area contributed by atoms with Crippen LogP contribution in [-0.4, -0.2) is 11.2 Å². The van der Waals surface area contributed by atoms with Crippen molar-refractivity contribution in [3.05, 3.63) is 0 Å².